The lowest BCUT2D eigenvalue weighted by Crippen LogP contribution is -1.83. The summed E-state index contributed by atoms with van der Waals surface area (Å²) in [5, 5.41) is 0. The number of aliphatic imine (C=N–C) groups is 1. The highest BCUT2D eigenvalue weighted by Crippen LogP contribution is 2.44. The van der Waals surface area contributed by atoms with Gasteiger partial charge in [0.2, 0.25) is 0 Å². The molecule has 13 heavy (non-hydrogen) atoms. The minimum atomic E-state index is 0.791. The maximum absolute atomic E-state index is 4.54. The number of nitrogens with zero attached hydrogens (tertiary/aromatic N) is 1. The first-order valence-corrected chi connectivity index (χ1v) is 4.88. The van der Waals surface area contributed by atoms with Crippen molar-refractivity contribution in [2.75, 3.05) is 0 Å². The standard InChI is InChI=1S/C12H15N/c1-9(2)13-12-6-4-3-5-11(12)10-7-8-10/h3-6,10H,7-8H2,1-2H3. The summed E-state index contributed by atoms with van der Waals surface area (Å²) in [7, 11) is 0. The normalized spacial score (nSPS) is 15.5. The molecule has 0 spiro atoms. The molecule has 0 unspecified atom stereocenters. The first-order valence-electron chi connectivity index (χ1n) is 4.88. The Morgan fingerprint density at radius 2 is 1.92 bits per heavy atom. The lowest BCUT2D eigenvalue weighted by molar-refractivity contribution is 1.12. The van der Waals surface area contributed by atoms with Crippen LogP contribution in [0.3, 0.4) is 0 Å². The molecule has 1 aromatic carbocycles. The molecule has 0 bridgehead atoms. The molecule has 0 atom stereocenters. The molecule has 0 amide bonds. The Labute approximate surface area is 79.5 Å². The first-order chi connectivity index (χ1) is 6.27. The van der Waals surface area contributed by atoms with Crippen molar-refractivity contribution in [2.45, 2.75) is 32.6 Å². The van der Waals surface area contributed by atoms with Crippen LogP contribution >= 0.6 is 0 Å². The van der Waals surface area contributed by atoms with Gasteiger partial charge in [-0.05, 0) is 44.2 Å². The van der Waals surface area contributed by atoms with Gasteiger partial charge in [-0.15, -0.1) is 0 Å². The van der Waals surface area contributed by atoms with E-state index in [-0.39, 0.29) is 0 Å². The highest BCUT2D eigenvalue weighted by Gasteiger charge is 2.25. The van der Waals surface area contributed by atoms with E-state index in [1.165, 1.54) is 24.1 Å². The van der Waals surface area contributed by atoms with Crippen LogP contribution in [0.15, 0.2) is 29.3 Å². The Morgan fingerprint density at radius 1 is 1.23 bits per heavy atom. The van der Waals surface area contributed by atoms with Gasteiger partial charge in [0.05, 0.1) is 5.69 Å². The van der Waals surface area contributed by atoms with Crippen molar-refractivity contribution in [3.8, 4) is 0 Å². The summed E-state index contributed by atoms with van der Waals surface area (Å²) < 4.78 is 0. The quantitative estimate of drug-likeness (QED) is 0.605. The molecule has 2 rings (SSSR count). The zero-order valence-electron chi connectivity index (χ0n) is 8.25. The second kappa shape index (κ2) is 3.33. The van der Waals surface area contributed by atoms with Gasteiger partial charge in [-0.1, -0.05) is 18.2 Å². The van der Waals surface area contributed by atoms with E-state index in [1.807, 2.05) is 13.8 Å². The molecule has 1 saturated carbocycles. The van der Waals surface area contributed by atoms with Gasteiger partial charge in [0.15, 0.2) is 0 Å². The summed E-state index contributed by atoms with van der Waals surface area (Å²) in [6, 6.07) is 8.49. The Hall–Kier alpha value is -1.11. The van der Waals surface area contributed by atoms with E-state index in [1.54, 1.807) is 0 Å². The fourth-order valence-electron chi connectivity index (χ4n) is 1.57. The molecule has 1 heteroatoms. The molecule has 0 aromatic heterocycles. The molecule has 1 fully saturated rings. The maximum atomic E-state index is 4.54. The molecule has 0 heterocycles. The monoisotopic (exact) mass is 173 g/mol. The molecule has 1 nitrogen and oxygen atoms in total. The van der Waals surface area contributed by atoms with Crippen LogP contribution < -0.4 is 0 Å². The molecular weight excluding hydrogens is 158 g/mol. The van der Waals surface area contributed by atoms with Crippen molar-refractivity contribution in [1.29, 1.82) is 0 Å². The lowest BCUT2D eigenvalue weighted by atomic mass is 10.1. The topological polar surface area (TPSA) is 12.4 Å². The number of para-hydroxylation sites is 1. The van der Waals surface area contributed by atoms with Crippen LogP contribution in [0.2, 0.25) is 0 Å². The highest BCUT2D eigenvalue weighted by molar-refractivity contribution is 5.82. The van der Waals surface area contributed by atoms with Crippen LogP contribution in [0, 0.1) is 0 Å². The zero-order valence-corrected chi connectivity index (χ0v) is 8.25. The second-order valence-corrected chi connectivity index (χ2v) is 3.89. The van der Waals surface area contributed by atoms with Gasteiger partial charge < -0.3 is 0 Å². The summed E-state index contributed by atoms with van der Waals surface area (Å²) in [6.45, 7) is 4.09. The van der Waals surface area contributed by atoms with Crippen molar-refractivity contribution >= 4 is 11.4 Å². The molecule has 0 aliphatic heterocycles. The average Bonchev–Trinajstić information content (AvgIpc) is 2.87. The number of benzene rings is 1. The minimum absolute atomic E-state index is 0.791. The smallest absolute Gasteiger partial charge is 0.0663 e. The Kier molecular flexibility index (Phi) is 2.17. The minimum Gasteiger partial charge on any atom is -0.258 e. The van der Waals surface area contributed by atoms with Gasteiger partial charge in [-0.3, -0.25) is 4.99 Å². The Morgan fingerprint density at radius 3 is 2.54 bits per heavy atom. The number of rotatable bonds is 2. The summed E-state index contributed by atoms with van der Waals surface area (Å²) in [5.74, 6) is 0.791. The van der Waals surface area contributed by atoms with Gasteiger partial charge in [0.25, 0.3) is 0 Å². The van der Waals surface area contributed by atoms with E-state index >= 15 is 0 Å². The van der Waals surface area contributed by atoms with Crippen molar-refractivity contribution in [3.63, 3.8) is 0 Å². The molecular formula is C12H15N. The van der Waals surface area contributed by atoms with E-state index in [9.17, 15) is 0 Å². The fourth-order valence-corrected chi connectivity index (χ4v) is 1.57. The van der Waals surface area contributed by atoms with E-state index in [0.717, 1.165) is 11.6 Å². The molecule has 0 saturated heterocycles. The van der Waals surface area contributed by atoms with Gasteiger partial charge in [0.1, 0.15) is 0 Å². The third-order valence-electron chi connectivity index (χ3n) is 2.30. The fraction of sp³-hybridized carbons (Fsp3) is 0.417. The number of hydrogen-bond donors (Lipinski definition) is 0. The van der Waals surface area contributed by atoms with E-state index in [4.69, 9.17) is 0 Å². The van der Waals surface area contributed by atoms with Gasteiger partial charge >= 0.3 is 0 Å². The SMILES string of the molecule is CC(C)=Nc1ccccc1C1CC1. The maximum Gasteiger partial charge on any atom is 0.0663 e. The van der Waals surface area contributed by atoms with Crippen LogP contribution in [0.4, 0.5) is 5.69 Å². The first kappa shape index (κ1) is 8.49. The molecule has 1 aliphatic carbocycles. The van der Waals surface area contributed by atoms with Crippen molar-refractivity contribution in [1.82, 2.24) is 0 Å². The highest BCUT2D eigenvalue weighted by atomic mass is 14.7. The predicted molar refractivity (Wildman–Crippen MR) is 56.9 cm³/mol. The molecule has 68 valence electrons. The van der Waals surface area contributed by atoms with E-state index in [0.29, 0.717) is 0 Å². The van der Waals surface area contributed by atoms with Gasteiger partial charge in [0, 0.05) is 5.71 Å². The third kappa shape index (κ3) is 1.97. The second-order valence-electron chi connectivity index (χ2n) is 3.89. The van der Waals surface area contributed by atoms with Crippen molar-refractivity contribution < 1.29 is 0 Å². The Bertz CT molecular complexity index is 331. The van der Waals surface area contributed by atoms with Gasteiger partial charge in [-0.25, -0.2) is 0 Å². The van der Waals surface area contributed by atoms with E-state index in [2.05, 4.69) is 29.3 Å². The molecule has 1 aliphatic rings. The summed E-state index contributed by atoms with van der Waals surface area (Å²) in [5.41, 5.74) is 3.74. The van der Waals surface area contributed by atoms with Crippen molar-refractivity contribution in [3.05, 3.63) is 29.8 Å². The van der Waals surface area contributed by atoms with Crippen LogP contribution in [-0.2, 0) is 0 Å². The van der Waals surface area contributed by atoms with Gasteiger partial charge in [-0.2, -0.15) is 0 Å². The summed E-state index contributed by atoms with van der Waals surface area (Å²) >= 11 is 0. The molecule has 0 N–H and O–H groups in total. The summed E-state index contributed by atoms with van der Waals surface area (Å²) in [4.78, 5) is 4.54. The largest absolute Gasteiger partial charge is 0.258 e. The Balaban J connectivity index is 2.37. The average molecular weight is 173 g/mol. The summed E-state index contributed by atoms with van der Waals surface area (Å²) in [6.07, 6.45) is 2.69. The lowest BCUT2D eigenvalue weighted by Gasteiger charge is -2.03. The van der Waals surface area contributed by atoms with Crippen LogP contribution in [0.5, 0.6) is 0 Å². The predicted octanol–water partition coefficient (Wildman–Crippen LogP) is 3.68. The van der Waals surface area contributed by atoms with Crippen LogP contribution in [-0.4, -0.2) is 5.71 Å². The third-order valence-corrected chi connectivity index (χ3v) is 2.30. The van der Waals surface area contributed by atoms with Crippen LogP contribution in [0.1, 0.15) is 38.2 Å². The zero-order chi connectivity index (χ0) is 9.26. The molecule has 0 radical (unpaired) electrons. The van der Waals surface area contributed by atoms with Crippen LogP contribution in [0.25, 0.3) is 0 Å². The van der Waals surface area contributed by atoms with Crippen molar-refractivity contribution in [2.24, 2.45) is 4.99 Å². The number of hydrogen-bond acceptors (Lipinski definition) is 1. The molecule has 1 aromatic rings. The van der Waals surface area contributed by atoms with E-state index < -0.39 is 0 Å².